The standard InChI is InChI=1S/C27H24F2O/c1-3-4-5-18-6-8-19(9-7-18)20-10-13-23-21(16-20)11-14-24(27(23)29)22-12-15-26(30-2)25(28)17-22/h6-17H,3-5H2,1-2H3. The average Bonchev–Trinajstić information content (AvgIpc) is 2.78. The minimum Gasteiger partial charge on any atom is -0.494 e. The molecule has 0 aliphatic heterocycles. The van der Waals surface area contributed by atoms with Crippen LogP contribution in [0.15, 0.2) is 72.8 Å². The van der Waals surface area contributed by atoms with E-state index in [1.807, 2.05) is 18.2 Å². The highest BCUT2D eigenvalue weighted by Gasteiger charge is 2.13. The van der Waals surface area contributed by atoms with Crippen molar-refractivity contribution in [2.45, 2.75) is 26.2 Å². The molecule has 0 bridgehead atoms. The van der Waals surface area contributed by atoms with Crippen molar-refractivity contribution >= 4 is 10.8 Å². The molecule has 0 amide bonds. The molecule has 4 aromatic carbocycles. The lowest BCUT2D eigenvalue weighted by atomic mass is 9.96. The fraction of sp³-hybridized carbons (Fsp3) is 0.185. The van der Waals surface area contributed by atoms with Crippen molar-refractivity contribution in [3.63, 3.8) is 0 Å². The summed E-state index contributed by atoms with van der Waals surface area (Å²) in [6, 6.07) is 22.4. The van der Waals surface area contributed by atoms with Crippen LogP contribution in [0, 0.1) is 11.6 Å². The first-order chi connectivity index (χ1) is 14.6. The zero-order valence-corrected chi connectivity index (χ0v) is 17.2. The van der Waals surface area contributed by atoms with E-state index in [0.29, 0.717) is 16.5 Å². The summed E-state index contributed by atoms with van der Waals surface area (Å²) in [7, 11) is 1.41. The van der Waals surface area contributed by atoms with E-state index in [2.05, 4.69) is 31.2 Å². The van der Waals surface area contributed by atoms with E-state index in [1.54, 1.807) is 18.2 Å². The third-order valence-corrected chi connectivity index (χ3v) is 5.52. The van der Waals surface area contributed by atoms with Crippen LogP contribution in [0.4, 0.5) is 8.78 Å². The molecule has 0 saturated carbocycles. The van der Waals surface area contributed by atoms with E-state index in [4.69, 9.17) is 4.74 Å². The van der Waals surface area contributed by atoms with Crippen molar-refractivity contribution in [3.8, 4) is 28.0 Å². The van der Waals surface area contributed by atoms with Gasteiger partial charge in [0.1, 0.15) is 5.82 Å². The molecule has 4 rings (SSSR count). The summed E-state index contributed by atoms with van der Waals surface area (Å²) < 4.78 is 34.2. The molecule has 0 aliphatic rings. The maximum absolute atomic E-state index is 15.2. The largest absolute Gasteiger partial charge is 0.494 e. The number of benzene rings is 4. The predicted octanol–water partition coefficient (Wildman–Crippen LogP) is 7.80. The fourth-order valence-electron chi connectivity index (χ4n) is 3.77. The van der Waals surface area contributed by atoms with Crippen molar-refractivity contribution in [1.29, 1.82) is 0 Å². The first-order valence-corrected chi connectivity index (χ1v) is 10.3. The smallest absolute Gasteiger partial charge is 0.165 e. The summed E-state index contributed by atoms with van der Waals surface area (Å²) in [5.41, 5.74) is 4.35. The number of methoxy groups -OCH3 is 1. The van der Waals surface area contributed by atoms with Gasteiger partial charge in [-0.1, -0.05) is 67.9 Å². The number of aryl methyl sites for hydroxylation is 1. The van der Waals surface area contributed by atoms with Crippen LogP contribution in [0.3, 0.4) is 0 Å². The van der Waals surface area contributed by atoms with E-state index in [0.717, 1.165) is 22.9 Å². The van der Waals surface area contributed by atoms with E-state index in [-0.39, 0.29) is 11.6 Å². The molecule has 0 unspecified atom stereocenters. The lowest BCUT2D eigenvalue weighted by molar-refractivity contribution is 0.386. The van der Waals surface area contributed by atoms with Crippen LogP contribution in [0.25, 0.3) is 33.0 Å². The van der Waals surface area contributed by atoms with Gasteiger partial charge in [0.2, 0.25) is 0 Å². The van der Waals surface area contributed by atoms with Gasteiger partial charge in [0.25, 0.3) is 0 Å². The molecule has 0 aromatic heterocycles. The molecular formula is C27H24F2O. The normalized spacial score (nSPS) is 11.1. The van der Waals surface area contributed by atoms with Gasteiger partial charge in [-0.15, -0.1) is 0 Å². The Kier molecular flexibility index (Phi) is 5.80. The van der Waals surface area contributed by atoms with Gasteiger partial charge in [-0.05, 0) is 58.7 Å². The zero-order valence-electron chi connectivity index (χ0n) is 17.2. The molecule has 152 valence electrons. The molecule has 0 atom stereocenters. The molecule has 3 heteroatoms. The summed E-state index contributed by atoms with van der Waals surface area (Å²) in [6.45, 7) is 2.19. The molecule has 0 saturated heterocycles. The van der Waals surface area contributed by atoms with Gasteiger partial charge in [-0.25, -0.2) is 8.78 Å². The number of halogens is 2. The van der Waals surface area contributed by atoms with Gasteiger partial charge in [0.15, 0.2) is 11.6 Å². The molecule has 0 fully saturated rings. The summed E-state index contributed by atoms with van der Waals surface area (Å²) in [4.78, 5) is 0. The van der Waals surface area contributed by atoms with Gasteiger partial charge in [-0.3, -0.25) is 0 Å². The molecular weight excluding hydrogens is 378 g/mol. The minimum atomic E-state index is -0.507. The van der Waals surface area contributed by atoms with E-state index >= 15 is 4.39 Å². The highest BCUT2D eigenvalue weighted by molar-refractivity contribution is 5.91. The van der Waals surface area contributed by atoms with Crippen LogP contribution in [0.5, 0.6) is 5.75 Å². The van der Waals surface area contributed by atoms with Crippen molar-refractivity contribution < 1.29 is 13.5 Å². The maximum Gasteiger partial charge on any atom is 0.165 e. The van der Waals surface area contributed by atoms with Crippen LogP contribution < -0.4 is 4.74 Å². The van der Waals surface area contributed by atoms with Gasteiger partial charge in [-0.2, -0.15) is 0 Å². The lowest BCUT2D eigenvalue weighted by Gasteiger charge is -2.10. The molecule has 1 nitrogen and oxygen atoms in total. The van der Waals surface area contributed by atoms with E-state index < -0.39 is 5.82 Å². The summed E-state index contributed by atoms with van der Waals surface area (Å²) in [5, 5.41) is 1.34. The van der Waals surface area contributed by atoms with Crippen LogP contribution >= 0.6 is 0 Å². The predicted molar refractivity (Wildman–Crippen MR) is 120 cm³/mol. The number of unbranched alkanes of at least 4 members (excludes halogenated alkanes) is 1. The Morgan fingerprint density at radius 3 is 2.20 bits per heavy atom. The Labute approximate surface area is 175 Å². The summed E-state index contributed by atoms with van der Waals surface area (Å²) in [5.74, 6) is -0.712. The van der Waals surface area contributed by atoms with Crippen molar-refractivity contribution in [1.82, 2.24) is 0 Å². The lowest BCUT2D eigenvalue weighted by Crippen LogP contribution is -1.91. The molecule has 0 N–H and O–H groups in total. The number of rotatable bonds is 6. The van der Waals surface area contributed by atoms with Gasteiger partial charge in [0.05, 0.1) is 7.11 Å². The second-order valence-corrected chi connectivity index (χ2v) is 7.51. The van der Waals surface area contributed by atoms with Crippen molar-refractivity contribution in [2.75, 3.05) is 7.11 Å². The number of hydrogen-bond acceptors (Lipinski definition) is 1. The van der Waals surface area contributed by atoms with Crippen LogP contribution in [-0.4, -0.2) is 7.11 Å². The van der Waals surface area contributed by atoms with Gasteiger partial charge in [0, 0.05) is 10.9 Å². The third-order valence-electron chi connectivity index (χ3n) is 5.52. The second kappa shape index (κ2) is 8.66. The highest BCUT2D eigenvalue weighted by Crippen LogP contribution is 2.33. The highest BCUT2D eigenvalue weighted by atomic mass is 19.1. The Morgan fingerprint density at radius 2 is 1.50 bits per heavy atom. The Morgan fingerprint density at radius 1 is 0.767 bits per heavy atom. The van der Waals surface area contributed by atoms with Gasteiger partial charge < -0.3 is 4.74 Å². The first kappa shape index (κ1) is 20.1. The van der Waals surface area contributed by atoms with Crippen molar-refractivity contribution in [2.24, 2.45) is 0 Å². The van der Waals surface area contributed by atoms with Crippen LogP contribution in [0.1, 0.15) is 25.3 Å². The third kappa shape index (κ3) is 3.93. The van der Waals surface area contributed by atoms with E-state index in [1.165, 1.54) is 37.6 Å². The Hall–Kier alpha value is -3.20. The zero-order chi connectivity index (χ0) is 21.1. The molecule has 0 spiro atoms. The second-order valence-electron chi connectivity index (χ2n) is 7.51. The molecule has 0 radical (unpaired) electrons. The topological polar surface area (TPSA) is 9.23 Å². The number of ether oxygens (including phenoxy) is 1. The van der Waals surface area contributed by atoms with Crippen LogP contribution in [-0.2, 0) is 6.42 Å². The Balaban J connectivity index is 1.68. The number of hydrogen-bond donors (Lipinski definition) is 0. The van der Waals surface area contributed by atoms with Crippen LogP contribution in [0.2, 0.25) is 0 Å². The van der Waals surface area contributed by atoms with Crippen molar-refractivity contribution in [3.05, 3.63) is 90.0 Å². The molecule has 4 aromatic rings. The fourth-order valence-corrected chi connectivity index (χ4v) is 3.77. The van der Waals surface area contributed by atoms with Gasteiger partial charge >= 0.3 is 0 Å². The average molecular weight is 402 g/mol. The Bertz CT molecular complexity index is 1180. The summed E-state index contributed by atoms with van der Waals surface area (Å²) in [6.07, 6.45) is 3.46. The first-order valence-electron chi connectivity index (χ1n) is 10.3. The van der Waals surface area contributed by atoms with E-state index in [9.17, 15) is 4.39 Å². The molecule has 0 heterocycles. The minimum absolute atomic E-state index is 0.144. The summed E-state index contributed by atoms with van der Waals surface area (Å²) >= 11 is 0. The maximum atomic E-state index is 15.2. The molecule has 0 aliphatic carbocycles. The SMILES string of the molecule is CCCCc1ccc(-c2ccc3c(F)c(-c4ccc(OC)c(F)c4)ccc3c2)cc1. The number of fused-ring (bicyclic) bond motifs is 1. The molecule has 30 heavy (non-hydrogen) atoms. The quantitative estimate of drug-likeness (QED) is 0.320. The monoisotopic (exact) mass is 402 g/mol.